The molecule has 0 saturated heterocycles. The highest BCUT2D eigenvalue weighted by Crippen LogP contribution is 2.34. The molecular formula is C19H17Cl2N3O2. The summed E-state index contributed by atoms with van der Waals surface area (Å²) < 4.78 is 11.4. The molecule has 2 heterocycles. The maximum absolute atomic E-state index is 9.59. The molecule has 0 N–H and O–H groups in total. The van der Waals surface area contributed by atoms with E-state index in [-0.39, 0.29) is 6.10 Å². The molecule has 1 aliphatic rings. The average Bonchev–Trinajstić information content (AvgIpc) is 3.15. The van der Waals surface area contributed by atoms with Crippen molar-refractivity contribution in [2.24, 2.45) is 0 Å². The number of hydrogen-bond donors (Lipinski definition) is 0. The third-order valence-electron chi connectivity index (χ3n) is 4.22. The lowest BCUT2D eigenvalue weighted by atomic mass is 10.1. The second-order valence-electron chi connectivity index (χ2n) is 5.93. The van der Waals surface area contributed by atoms with E-state index in [4.69, 9.17) is 32.7 Å². The first-order chi connectivity index (χ1) is 12.6. The highest BCUT2D eigenvalue weighted by molar-refractivity contribution is 6.37. The molecule has 134 valence electrons. The highest BCUT2D eigenvalue weighted by atomic mass is 35.5. The fraction of sp³-hybridized carbons (Fsp3) is 0.316. The lowest BCUT2D eigenvalue weighted by Crippen LogP contribution is -2.12. The SMILES string of the molecule is COc1cnc(C(C#N)=Cc2c(Cl)cncc2Cl)cc1OC1CCCC1. The Morgan fingerprint density at radius 2 is 1.88 bits per heavy atom. The van der Waals surface area contributed by atoms with Crippen molar-refractivity contribution in [2.75, 3.05) is 7.11 Å². The van der Waals surface area contributed by atoms with Gasteiger partial charge in [-0.3, -0.25) is 9.97 Å². The number of hydrogen-bond acceptors (Lipinski definition) is 5. The van der Waals surface area contributed by atoms with Crippen LogP contribution in [-0.4, -0.2) is 23.2 Å². The number of allylic oxidation sites excluding steroid dienone is 1. The van der Waals surface area contributed by atoms with Crippen molar-refractivity contribution in [2.45, 2.75) is 31.8 Å². The minimum atomic E-state index is 0.165. The van der Waals surface area contributed by atoms with Gasteiger partial charge >= 0.3 is 0 Å². The molecule has 0 atom stereocenters. The zero-order valence-electron chi connectivity index (χ0n) is 14.2. The van der Waals surface area contributed by atoms with Crippen molar-refractivity contribution >= 4 is 34.9 Å². The first-order valence-electron chi connectivity index (χ1n) is 8.24. The van der Waals surface area contributed by atoms with Crippen molar-refractivity contribution in [1.29, 1.82) is 5.26 Å². The van der Waals surface area contributed by atoms with E-state index >= 15 is 0 Å². The summed E-state index contributed by atoms with van der Waals surface area (Å²) in [6.07, 6.45) is 10.6. The molecule has 0 spiro atoms. The Bertz CT molecular complexity index is 851. The number of ether oxygens (including phenoxy) is 2. The summed E-state index contributed by atoms with van der Waals surface area (Å²) in [4.78, 5) is 8.23. The molecule has 1 saturated carbocycles. The minimum absolute atomic E-state index is 0.165. The van der Waals surface area contributed by atoms with Gasteiger partial charge in [0.1, 0.15) is 6.07 Å². The van der Waals surface area contributed by atoms with Crippen molar-refractivity contribution in [3.8, 4) is 17.6 Å². The highest BCUT2D eigenvalue weighted by Gasteiger charge is 2.20. The Morgan fingerprint density at radius 3 is 2.50 bits per heavy atom. The maximum Gasteiger partial charge on any atom is 0.179 e. The summed E-state index contributed by atoms with van der Waals surface area (Å²) >= 11 is 12.3. The molecule has 1 fully saturated rings. The van der Waals surface area contributed by atoms with Crippen LogP contribution in [0.15, 0.2) is 24.7 Å². The van der Waals surface area contributed by atoms with Gasteiger partial charge in [0.15, 0.2) is 11.5 Å². The smallest absolute Gasteiger partial charge is 0.179 e. The number of halogens is 2. The zero-order chi connectivity index (χ0) is 18.5. The first kappa shape index (κ1) is 18.5. The molecule has 0 unspecified atom stereocenters. The summed E-state index contributed by atoms with van der Waals surface area (Å²) in [5.41, 5.74) is 1.31. The van der Waals surface area contributed by atoms with Gasteiger partial charge in [-0.05, 0) is 31.8 Å². The molecule has 3 rings (SSSR count). The van der Waals surface area contributed by atoms with Crippen LogP contribution in [0, 0.1) is 11.3 Å². The van der Waals surface area contributed by atoms with Gasteiger partial charge in [-0.2, -0.15) is 5.26 Å². The van der Waals surface area contributed by atoms with E-state index in [1.165, 1.54) is 12.4 Å². The Hall–Kier alpha value is -2.29. The van der Waals surface area contributed by atoms with Crippen molar-refractivity contribution in [3.63, 3.8) is 0 Å². The Morgan fingerprint density at radius 1 is 1.19 bits per heavy atom. The van der Waals surface area contributed by atoms with Crippen LogP contribution in [0.25, 0.3) is 11.6 Å². The fourth-order valence-corrected chi connectivity index (χ4v) is 3.34. The van der Waals surface area contributed by atoms with Crippen LogP contribution in [0.5, 0.6) is 11.5 Å². The van der Waals surface area contributed by atoms with E-state index in [0.29, 0.717) is 38.4 Å². The van der Waals surface area contributed by atoms with Gasteiger partial charge in [-0.15, -0.1) is 0 Å². The molecule has 0 aliphatic heterocycles. The quantitative estimate of drug-likeness (QED) is 0.659. The monoisotopic (exact) mass is 389 g/mol. The van der Waals surface area contributed by atoms with Gasteiger partial charge in [0.05, 0.1) is 40.7 Å². The number of pyridine rings is 2. The third-order valence-corrected chi connectivity index (χ3v) is 4.83. The lowest BCUT2D eigenvalue weighted by Gasteiger charge is -2.16. The van der Waals surface area contributed by atoms with E-state index in [2.05, 4.69) is 16.0 Å². The average molecular weight is 390 g/mol. The Balaban J connectivity index is 1.98. The zero-order valence-corrected chi connectivity index (χ0v) is 15.7. The molecule has 5 nitrogen and oxygen atoms in total. The minimum Gasteiger partial charge on any atom is -0.491 e. The largest absolute Gasteiger partial charge is 0.491 e. The van der Waals surface area contributed by atoms with Crippen LogP contribution in [0.1, 0.15) is 36.9 Å². The van der Waals surface area contributed by atoms with Crippen LogP contribution in [0.4, 0.5) is 0 Å². The molecule has 0 bridgehead atoms. The Kier molecular flexibility index (Phi) is 5.97. The molecule has 7 heteroatoms. The summed E-state index contributed by atoms with van der Waals surface area (Å²) in [5.74, 6) is 1.12. The van der Waals surface area contributed by atoms with Crippen LogP contribution in [0.2, 0.25) is 10.0 Å². The number of methoxy groups -OCH3 is 1. The number of nitriles is 1. The molecule has 0 amide bonds. The fourth-order valence-electron chi connectivity index (χ4n) is 2.87. The number of nitrogens with zero attached hydrogens (tertiary/aromatic N) is 3. The number of aromatic nitrogens is 2. The topological polar surface area (TPSA) is 68.0 Å². The van der Waals surface area contributed by atoms with E-state index in [0.717, 1.165) is 25.7 Å². The van der Waals surface area contributed by atoms with Crippen LogP contribution < -0.4 is 9.47 Å². The first-order valence-corrected chi connectivity index (χ1v) is 9.00. The Labute approximate surface area is 162 Å². The van der Waals surface area contributed by atoms with Crippen LogP contribution in [-0.2, 0) is 0 Å². The van der Waals surface area contributed by atoms with Crippen molar-refractivity contribution < 1.29 is 9.47 Å². The standard InChI is InChI=1S/C19H17Cl2N3O2/c1-25-19-11-24-17(7-18(19)26-13-4-2-3-5-13)12(8-22)6-14-15(20)9-23-10-16(14)21/h6-7,9-11,13H,2-5H2,1H3. The van der Waals surface area contributed by atoms with E-state index in [9.17, 15) is 5.26 Å². The van der Waals surface area contributed by atoms with Crippen LogP contribution >= 0.6 is 23.2 Å². The summed E-state index contributed by atoms with van der Waals surface area (Å²) in [6.45, 7) is 0. The lowest BCUT2D eigenvalue weighted by molar-refractivity contribution is 0.200. The molecule has 0 radical (unpaired) electrons. The van der Waals surface area contributed by atoms with Gasteiger partial charge in [0.25, 0.3) is 0 Å². The van der Waals surface area contributed by atoms with E-state index < -0.39 is 0 Å². The third kappa shape index (κ3) is 4.09. The summed E-state index contributed by atoms with van der Waals surface area (Å²) in [6, 6.07) is 3.86. The van der Waals surface area contributed by atoms with Crippen LogP contribution in [0.3, 0.4) is 0 Å². The molecule has 26 heavy (non-hydrogen) atoms. The van der Waals surface area contributed by atoms with Gasteiger partial charge in [-0.1, -0.05) is 23.2 Å². The summed E-state index contributed by atoms with van der Waals surface area (Å²) in [5, 5.41) is 10.3. The van der Waals surface area contributed by atoms with Crippen molar-refractivity contribution in [3.05, 3.63) is 46.0 Å². The van der Waals surface area contributed by atoms with Gasteiger partial charge in [0.2, 0.25) is 0 Å². The molecule has 2 aromatic rings. The number of rotatable bonds is 5. The molecule has 0 aromatic carbocycles. The van der Waals surface area contributed by atoms with Gasteiger partial charge in [0, 0.05) is 24.0 Å². The normalized spacial score (nSPS) is 14.9. The predicted octanol–water partition coefficient (Wildman–Crippen LogP) is 5.18. The summed E-state index contributed by atoms with van der Waals surface area (Å²) in [7, 11) is 1.57. The predicted molar refractivity (Wildman–Crippen MR) is 101 cm³/mol. The molecule has 1 aliphatic carbocycles. The van der Waals surface area contributed by atoms with Crippen molar-refractivity contribution in [1.82, 2.24) is 9.97 Å². The molecular weight excluding hydrogens is 373 g/mol. The van der Waals surface area contributed by atoms with E-state index in [1.807, 2.05) is 0 Å². The van der Waals surface area contributed by atoms with E-state index in [1.54, 1.807) is 25.4 Å². The molecule has 2 aromatic heterocycles. The van der Waals surface area contributed by atoms with Gasteiger partial charge < -0.3 is 9.47 Å². The van der Waals surface area contributed by atoms with Gasteiger partial charge in [-0.25, -0.2) is 0 Å². The second-order valence-corrected chi connectivity index (χ2v) is 6.75. The second kappa shape index (κ2) is 8.39. The maximum atomic E-state index is 9.59.